The van der Waals surface area contributed by atoms with Crippen LogP contribution in [0.15, 0.2) is 59.6 Å². The number of hydrogen-bond acceptors (Lipinski definition) is 4. The van der Waals surface area contributed by atoms with Gasteiger partial charge in [0.15, 0.2) is 0 Å². The van der Waals surface area contributed by atoms with Gasteiger partial charge in [-0.3, -0.25) is 9.11 Å². The molecule has 0 unspecified atom stereocenters. The normalized spacial score (nSPS) is 8.35. The monoisotopic (exact) mass is 729 g/mol. The van der Waals surface area contributed by atoms with Gasteiger partial charge in [-0.1, -0.05) is 146 Å². The van der Waals surface area contributed by atoms with Crippen LogP contribution in [0.5, 0.6) is 0 Å². The lowest BCUT2D eigenvalue weighted by atomic mass is 10.1. The number of aryl methyl sites for hydroxylation is 2. The number of allylic oxidation sites excluding steroid dienone is 3. The minimum Gasteiger partial charge on any atom is -0.286 e. The molecule has 1 aromatic carbocycles. The summed E-state index contributed by atoms with van der Waals surface area (Å²) in [5.41, 5.74) is 5.27. The third kappa shape index (κ3) is 120. The molecule has 0 aliphatic carbocycles. The van der Waals surface area contributed by atoms with Crippen LogP contribution in [0, 0.1) is 12.8 Å². The predicted molar refractivity (Wildman–Crippen MR) is 225 cm³/mol. The first-order valence-corrected chi connectivity index (χ1v) is 20.9. The van der Waals surface area contributed by atoms with Gasteiger partial charge in [0, 0.05) is 0 Å². The summed E-state index contributed by atoms with van der Waals surface area (Å²) >= 11 is 0. The molecule has 0 radical (unpaired) electrons. The van der Waals surface area contributed by atoms with Crippen molar-refractivity contribution in [3.05, 3.63) is 65.8 Å². The van der Waals surface area contributed by atoms with E-state index in [4.69, 9.17) is 9.11 Å². The summed E-state index contributed by atoms with van der Waals surface area (Å²) in [6.07, 6.45) is 3.74. The van der Waals surface area contributed by atoms with Crippen molar-refractivity contribution >= 4 is 20.2 Å². The Morgan fingerprint density at radius 3 is 1.06 bits per heavy atom. The third-order valence-corrected chi connectivity index (χ3v) is 5.00. The van der Waals surface area contributed by atoms with Gasteiger partial charge in [-0.15, -0.1) is 19.7 Å². The first-order valence-electron chi connectivity index (χ1n) is 17.9. The second kappa shape index (κ2) is 57.5. The van der Waals surface area contributed by atoms with Gasteiger partial charge in [-0.2, -0.15) is 16.8 Å². The van der Waals surface area contributed by atoms with Crippen molar-refractivity contribution in [1.29, 1.82) is 0 Å². The molecule has 0 spiro atoms. The van der Waals surface area contributed by atoms with Crippen LogP contribution in [0.2, 0.25) is 0 Å². The molecular formula is C40H88O6S2. The van der Waals surface area contributed by atoms with Crippen LogP contribution in [0.4, 0.5) is 0 Å². The molecule has 0 heterocycles. The van der Waals surface area contributed by atoms with E-state index in [0.29, 0.717) is 12.0 Å². The zero-order valence-electron chi connectivity index (χ0n) is 36.3. The van der Waals surface area contributed by atoms with Gasteiger partial charge < -0.3 is 0 Å². The van der Waals surface area contributed by atoms with Crippen LogP contribution in [-0.2, 0) is 26.7 Å². The SMILES string of the molecule is C=C(C)C.C=C(C)C.C=C(C)CCC.CC.CC.CC.CC.CC.CC(C)C.CCCS(=O)(=O)O.CCc1ccc(S(=O)(=O)O)c(C)c1. The van der Waals surface area contributed by atoms with Crippen molar-refractivity contribution in [3.8, 4) is 0 Å². The average Bonchev–Trinajstić information content (AvgIpc) is 2.97. The lowest BCUT2D eigenvalue weighted by molar-refractivity contribution is 0.480. The van der Waals surface area contributed by atoms with Crippen LogP contribution < -0.4 is 0 Å². The summed E-state index contributed by atoms with van der Waals surface area (Å²) in [6, 6.07) is 4.91. The molecule has 0 aromatic heterocycles. The largest absolute Gasteiger partial charge is 0.294 e. The van der Waals surface area contributed by atoms with Crippen molar-refractivity contribution in [2.75, 3.05) is 5.75 Å². The van der Waals surface area contributed by atoms with Crippen molar-refractivity contribution in [3.63, 3.8) is 0 Å². The highest BCUT2D eigenvalue weighted by Gasteiger charge is 2.12. The molecule has 0 fully saturated rings. The maximum absolute atomic E-state index is 10.8. The van der Waals surface area contributed by atoms with Gasteiger partial charge in [0.2, 0.25) is 0 Å². The fraction of sp³-hybridized carbons (Fsp3) is 0.700. The molecule has 1 aromatic rings. The zero-order chi connectivity index (χ0) is 41.7. The Bertz CT molecular complexity index is 954. The van der Waals surface area contributed by atoms with Gasteiger partial charge in [0.05, 0.1) is 10.6 Å². The number of benzene rings is 1. The van der Waals surface area contributed by atoms with Crippen LogP contribution in [0.25, 0.3) is 0 Å². The van der Waals surface area contributed by atoms with Crippen molar-refractivity contribution in [1.82, 2.24) is 0 Å². The van der Waals surface area contributed by atoms with Crippen LogP contribution in [-0.4, -0.2) is 31.7 Å². The minimum atomic E-state index is -4.06. The van der Waals surface area contributed by atoms with E-state index < -0.39 is 20.2 Å². The van der Waals surface area contributed by atoms with Gasteiger partial charge in [0.1, 0.15) is 0 Å². The topological polar surface area (TPSA) is 109 Å². The second-order valence-corrected chi connectivity index (χ2v) is 13.0. The molecule has 0 saturated carbocycles. The Morgan fingerprint density at radius 2 is 0.958 bits per heavy atom. The molecule has 0 aliphatic rings. The molecule has 0 bridgehead atoms. The first-order chi connectivity index (χ1) is 22.0. The van der Waals surface area contributed by atoms with Gasteiger partial charge in [0.25, 0.3) is 20.2 Å². The van der Waals surface area contributed by atoms with Crippen LogP contribution in [0.1, 0.15) is 176 Å². The Labute approximate surface area is 305 Å². The summed E-state index contributed by atoms with van der Waals surface area (Å²) < 4.78 is 58.0. The van der Waals surface area contributed by atoms with E-state index in [2.05, 4.69) is 54.4 Å². The van der Waals surface area contributed by atoms with Gasteiger partial charge >= 0.3 is 0 Å². The molecule has 296 valence electrons. The zero-order valence-corrected chi connectivity index (χ0v) is 37.9. The molecule has 8 heteroatoms. The molecule has 0 aliphatic heterocycles. The first kappa shape index (κ1) is 72.1. The molecule has 1 rings (SSSR count). The van der Waals surface area contributed by atoms with E-state index in [1.54, 1.807) is 26.0 Å². The third-order valence-electron chi connectivity index (χ3n) is 3.06. The maximum atomic E-state index is 10.8. The highest BCUT2D eigenvalue weighted by atomic mass is 32.2. The highest BCUT2D eigenvalue weighted by Crippen LogP contribution is 2.16. The van der Waals surface area contributed by atoms with E-state index in [-0.39, 0.29) is 10.6 Å². The lowest BCUT2D eigenvalue weighted by Gasteiger charge is -2.03. The van der Waals surface area contributed by atoms with E-state index >= 15 is 0 Å². The minimum absolute atomic E-state index is 0.00954. The summed E-state index contributed by atoms with van der Waals surface area (Å²) in [6.45, 7) is 54.8. The standard InChI is InChI=1S/C9H12O3S.C6H12.C4H10.2C4H8.C3H8O3S.5C2H6/c1-3-8-4-5-9(7(2)6-8)13(10,11)12;1-4-5-6(2)3;3*1-4(2)3;1-2-3-7(4,5)6;5*1-2/h4-6H,3H2,1-2H3,(H,10,11,12);2,4-5H2,1,3H3;4H,1-3H3;2*1H2,2-3H3;2-3H2,1H3,(H,4,5,6);5*1-2H3. The summed E-state index contributed by atoms with van der Waals surface area (Å²) in [5.74, 6) is 0.701. The van der Waals surface area contributed by atoms with E-state index in [9.17, 15) is 16.8 Å². The van der Waals surface area contributed by atoms with Crippen LogP contribution >= 0.6 is 0 Å². The molecule has 6 nitrogen and oxygen atoms in total. The van der Waals surface area contributed by atoms with Gasteiger partial charge in [-0.05, 0) is 83.9 Å². The molecule has 0 atom stereocenters. The Kier molecular flexibility index (Phi) is 86.4. The van der Waals surface area contributed by atoms with Crippen molar-refractivity contribution in [2.24, 2.45) is 5.92 Å². The molecule has 48 heavy (non-hydrogen) atoms. The Morgan fingerprint density at radius 1 is 0.667 bits per heavy atom. The van der Waals surface area contributed by atoms with Crippen molar-refractivity contribution in [2.45, 2.75) is 183 Å². The molecular weight excluding hydrogens is 641 g/mol. The Hall–Kier alpha value is -1.74. The van der Waals surface area contributed by atoms with E-state index in [1.807, 2.05) is 104 Å². The van der Waals surface area contributed by atoms with E-state index in [0.717, 1.165) is 17.9 Å². The van der Waals surface area contributed by atoms with Crippen LogP contribution in [0.3, 0.4) is 0 Å². The lowest BCUT2D eigenvalue weighted by Crippen LogP contribution is -2.01. The fourth-order valence-electron chi connectivity index (χ4n) is 1.91. The number of rotatable bonds is 6. The highest BCUT2D eigenvalue weighted by molar-refractivity contribution is 7.86. The fourth-order valence-corrected chi connectivity index (χ4v) is 3.13. The predicted octanol–water partition coefficient (Wildman–Crippen LogP) is 14.4. The average molecular weight is 729 g/mol. The van der Waals surface area contributed by atoms with Crippen molar-refractivity contribution < 1.29 is 25.9 Å². The summed E-state index contributed by atoms with van der Waals surface area (Å²) in [5, 5.41) is 0. The molecule has 0 saturated heterocycles. The quantitative estimate of drug-likeness (QED) is 0.223. The second-order valence-electron chi connectivity index (χ2n) is 10.1. The summed E-state index contributed by atoms with van der Waals surface area (Å²) in [4.78, 5) is -0.00954. The molecule has 0 amide bonds. The molecule has 2 N–H and O–H groups in total. The Balaban J connectivity index is -0.0000000451. The van der Waals surface area contributed by atoms with E-state index in [1.165, 1.54) is 35.6 Å². The smallest absolute Gasteiger partial charge is 0.286 e. The van der Waals surface area contributed by atoms with Gasteiger partial charge in [-0.25, -0.2) is 0 Å². The number of hydrogen-bond donors (Lipinski definition) is 2. The summed E-state index contributed by atoms with van der Waals surface area (Å²) in [7, 11) is -7.73. The maximum Gasteiger partial charge on any atom is 0.294 e.